The van der Waals surface area contributed by atoms with Gasteiger partial charge in [-0.1, -0.05) is 44.2 Å². The van der Waals surface area contributed by atoms with Gasteiger partial charge in [0.25, 0.3) is 0 Å². The molecule has 0 aliphatic rings. The van der Waals surface area contributed by atoms with Crippen molar-refractivity contribution >= 4 is 23.1 Å². The number of aliphatic hydroxyl groups excluding tert-OH is 1. The Morgan fingerprint density at radius 2 is 2.11 bits per heavy atom. The van der Waals surface area contributed by atoms with Crippen molar-refractivity contribution in [3.8, 4) is 0 Å². The topological polar surface area (TPSA) is 84.1 Å². The molecule has 0 fully saturated rings. The summed E-state index contributed by atoms with van der Waals surface area (Å²) in [5.41, 5.74) is 6.13. The van der Waals surface area contributed by atoms with E-state index in [0.29, 0.717) is 11.5 Å². The Morgan fingerprint density at radius 1 is 1.37 bits per heavy atom. The van der Waals surface area contributed by atoms with Crippen molar-refractivity contribution in [2.24, 2.45) is 0 Å². The number of nitrogen functional groups attached to an aromatic ring is 1. The number of nitrogens with one attached hydrogen (secondary N) is 1. The summed E-state index contributed by atoms with van der Waals surface area (Å²) >= 11 is 5.84. The summed E-state index contributed by atoms with van der Waals surface area (Å²) in [7, 11) is 0. The van der Waals surface area contributed by atoms with E-state index in [1.54, 1.807) is 6.92 Å². The zero-order valence-corrected chi connectivity index (χ0v) is 12.3. The summed E-state index contributed by atoms with van der Waals surface area (Å²) < 4.78 is 0. The first-order chi connectivity index (χ1) is 9.06. The van der Waals surface area contributed by atoms with Crippen LogP contribution in [0, 0.1) is 0 Å². The van der Waals surface area contributed by atoms with Gasteiger partial charge in [-0.2, -0.15) is 0 Å². The highest BCUT2D eigenvalue weighted by Gasteiger charge is 2.17. The molecule has 1 rings (SSSR count). The number of anilines is 2. The lowest BCUT2D eigenvalue weighted by molar-refractivity contribution is 0.165. The molecule has 0 unspecified atom stereocenters. The van der Waals surface area contributed by atoms with Crippen LogP contribution in [0.5, 0.6) is 0 Å². The van der Waals surface area contributed by atoms with Crippen LogP contribution < -0.4 is 11.1 Å². The third kappa shape index (κ3) is 5.20. The molecule has 1 heterocycles. The van der Waals surface area contributed by atoms with E-state index in [9.17, 15) is 5.11 Å². The van der Waals surface area contributed by atoms with E-state index in [2.05, 4.69) is 22.2 Å². The van der Waals surface area contributed by atoms with Crippen LogP contribution in [-0.2, 0) is 0 Å². The molecule has 108 valence electrons. The second kappa shape index (κ2) is 8.17. The molecule has 4 N–H and O–H groups in total. The molecular weight excluding hydrogens is 264 g/mol. The third-order valence-electron chi connectivity index (χ3n) is 3.11. The van der Waals surface area contributed by atoms with Gasteiger partial charge < -0.3 is 16.2 Å². The molecule has 0 aliphatic carbocycles. The second-order valence-corrected chi connectivity index (χ2v) is 5.13. The minimum absolute atomic E-state index is 0.0786. The number of hydrogen-bond acceptors (Lipinski definition) is 5. The Balaban J connectivity index is 2.60. The number of rotatable bonds is 8. The fraction of sp³-hybridized carbons (Fsp3) is 0.692. The standard InChI is InChI=1S/C13H23ClN4O/c1-3-4-5-6-7-10(9(2)19)18-13-11(15)12(14)16-8-17-13/h8-10,19H,3-7,15H2,1-2H3,(H,16,17,18)/t9-,10-/m1/s1. The van der Waals surface area contributed by atoms with Gasteiger partial charge >= 0.3 is 0 Å². The van der Waals surface area contributed by atoms with Gasteiger partial charge in [0.2, 0.25) is 0 Å². The Morgan fingerprint density at radius 3 is 2.74 bits per heavy atom. The van der Waals surface area contributed by atoms with E-state index >= 15 is 0 Å². The van der Waals surface area contributed by atoms with Crippen LogP contribution in [0.3, 0.4) is 0 Å². The van der Waals surface area contributed by atoms with Gasteiger partial charge in [-0.05, 0) is 13.3 Å². The van der Waals surface area contributed by atoms with Crippen molar-refractivity contribution < 1.29 is 5.11 Å². The number of nitrogens with two attached hydrogens (primary N) is 1. The number of halogens is 1. The number of aromatic nitrogens is 2. The molecule has 0 bridgehead atoms. The minimum atomic E-state index is -0.477. The predicted octanol–water partition coefficient (Wildman–Crippen LogP) is 2.84. The first kappa shape index (κ1) is 16.0. The van der Waals surface area contributed by atoms with E-state index in [1.807, 2.05) is 0 Å². The quantitative estimate of drug-likeness (QED) is 0.505. The lowest BCUT2D eigenvalue weighted by Crippen LogP contribution is -2.32. The van der Waals surface area contributed by atoms with E-state index in [4.69, 9.17) is 17.3 Å². The molecule has 0 saturated heterocycles. The number of unbranched alkanes of at least 4 members (excludes halogenated alkanes) is 3. The highest BCUT2D eigenvalue weighted by Crippen LogP contribution is 2.24. The average Bonchev–Trinajstić information content (AvgIpc) is 2.37. The number of hydrogen-bond donors (Lipinski definition) is 3. The molecule has 0 aliphatic heterocycles. The SMILES string of the molecule is CCCCCC[C@@H](Nc1ncnc(Cl)c1N)[C@@H](C)O. The van der Waals surface area contributed by atoms with Gasteiger partial charge in [0.15, 0.2) is 11.0 Å². The van der Waals surface area contributed by atoms with Crippen LogP contribution in [0.15, 0.2) is 6.33 Å². The summed E-state index contributed by atoms with van der Waals surface area (Å²) in [5, 5.41) is 13.2. The normalized spacial score (nSPS) is 14.1. The summed E-state index contributed by atoms with van der Waals surface area (Å²) in [5.74, 6) is 0.487. The van der Waals surface area contributed by atoms with Gasteiger partial charge in [-0.25, -0.2) is 9.97 Å². The molecule has 6 heteroatoms. The Kier molecular flexibility index (Phi) is 6.87. The van der Waals surface area contributed by atoms with Gasteiger partial charge in [-0.3, -0.25) is 0 Å². The van der Waals surface area contributed by atoms with Gasteiger partial charge in [-0.15, -0.1) is 0 Å². The van der Waals surface area contributed by atoms with Crippen molar-refractivity contribution in [3.63, 3.8) is 0 Å². The fourth-order valence-corrected chi connectivity index (χ4v) is 2.02. The zero-order valence-electron chi connectivity index (χ0n) is 11.6. The van der Waals surface area contributed by atoms with Crippen LogP contribution in [0.1, 0.15) is 46.0 Å². The van der Waals surface area contributed by atoms with Gasteiger partial charge in [0.1, 0.15) is 12.0 Å². The molecule has 0 aromatic carbocycles. The van der Waals surface area contributed by atoms with E-state index in [0.717, 1.165) is 12.8 Å². The molecule has 2 atom stereocenters. The molecule has 1 aromatic heterocycles. The van der Waals surface area contributed by atoms with E-state index in [1.165, 1.54) is 25.6 Å². The maximum Gasteiger partial charge on any atom is 0.157 e. The van der Waals surface area contributed by atoms with Crippen molar-refractivity contribution in [1.82, 2.24) is 9.97 Å². The summed E-state index contributed by atoms with van der Waals surface area (Å²) in [6.45, 7) is 3.93. The number of nitrogens with zero attached hydrogens (tertiary/aromatic N) is 2. The molecule has 19 heavy (non-hydrogen) atoms. The smallest absolute Gasteiger partial charge is 0.157 e. The molecule has 1 aromatic rings. The fourth-order valence-electron chi connectivity index (χ4n) is 1.89. The molecule has 0 amide bonds. The Labute approximate surface area is 119 Å². The minimum Gasteiger partial charge on any atom is -0.393 e. The lowest BCUT2D eigenvalue weighted by Gasteiger charge is -2.22. The first-order valence-corrected chi connectivity index (χ1v) is 7.14. The molecule has 5 nitrogen and oxygen atoms in total. The Bertz CT molecular complexity index is 387. The summed E-state index contributed by atoms with van der Waals surface area (Å²) in [6, 6.07) is -0.0786. The average molecular weight is 287 g/mol. The predicted molar refractivity (Wildman–Crippen MR) is 79.3 cm³/mol. The van der Waals surface area contributed by atoms with Crippen LogP contribution in [0.2, 0.25) is 5.15 Å². The molecule has 0 saturated carbocycles. The first-order valence-electron chi connectivity index (χ1n) is 6.76. The summed E-state index contributed by atoms with van der Waals surface area (Å²) in [6.07, 6.45) is 6.40. The Hall–Kier alpha value is -1.07. The van der Waals surface area contributed by atoms with Crippen LogP contribution in [0.25, 0.3) is 0 Å². The van der Waals surface area contributed by atoms with Crippen LogP contribution >= 0.6 is 11.6 Å². The molecule has 0 spiro atoms. The molecular formula is C13H23ClN4O. The highest BCUT2D eigenvalue weighted by atomic mass is 35.5. The van der Waals surface area contributed by atoms with Crippen LogP contribution in [-0.4, -0.2) is 27.2 Å². The second-order valence-electron chi connectivity index (χ2n) is 4.77. The van der Waals surface area contributed by atoms with E-state index in [-0.39, 0.29) is 11.2 Å². The van der Waals surface area contributed by atoms with Crippen molar-refractivity contribution in [3.05, 3.63) is 11.5 Å². The monoisotopic (exact) mass is 286 g/mol. The highest BCUT2D eigenvalue weighted by molar-refractivity contribution is 6.32. The van der Waals surface area contributed by atoms with Crippen molar-refractivity contribution in [2.45, 2.75) is 58.1 Å². The summed E-state index contributed by atoms with van der Waals surface area (Å²) in [4.78, 5) is 7.87. The lowest BCUT2D eigenvalue weighted by atomic mass is 10.0. The van der Waals surface area contributed by atoms with Crippen molar-refractivity contribution in [1.29, 1.82) is 0 Å². The zero-order chi connectivity index (χ0) is 14.3. The molecule has 0 radical (unpaired) electrons. The maximum atomic E-state index is 9.81. The largest absolute Gasteiger partial charge is 0.393 e. The van der Waals surface area contributed by atoms with Gasteiger partial charge in [0.05, 0.1) is 12.1 Å². The maximum absolute atomic E-state index is 9.81. The van der Waals surface area contributed by atoms with Gasteiger partial charge in [0, 0.05) is 0 Å². The van der Waals surface area contributed by atoms with Crippen molar-refractivity contribution in [2.75, 3.05) is 11.1 Å². The van der Waals surface area contributed by atoms with E-state index < -0.39 is 6.10 Å². The van der Waals surface area contributed by atoms with Crippen LogP contribution in [0.4, 0.5) is 11.5 Å². The third-order valence-corrected chi connectivity index (χ3v) is 3.41. The number of aliphatic hydroxyl groups is 1.